The first kappa shape index (κ1) is 14.8. The number of nitrogens with one attached hydrogen (secondary N) is 2. The summed E-state index contributed by atoms with van der Waals surface area (Å²) in [5.74, 6) is 1.48. The normalized spacial score (nSPS) is 10.7. The number of ether oxygens (including phenoxy) is 1. The largest absolute Gasteiger partial charge is 0.497 e. The number of carbonyl (C=O) groups excluding carboxylic acids is 1. The number of amides is 1. The second-order valence-electron chi connectivity index (χ2n) is 4.44. The number of rotatable bonds is 7. The fourth-order valence-corrected chi connectivity index (χ4v) is 1.79. The van der Waals surface area contributed by atoms with E-state index in [9.17, 15) is 4.79 Å². The lowest BCUT2D eigenvalue weighted by Crippen LogP contribution is -2.22. The Morgan fingerprint density at radius 2 is 2.38 bits per heavy atom. The predicted octanol–water partition coefficient (Wildman–Crippen LogP) is 1.58. The molecule has 0 saturated carbocycles. The van der Waals surface area contributed by atoms with Crippen LogP contribution in [0, 0.1) is 0 Å². The van der Waals surface area contributed by atoms with E-state index in [4.69, 9.17) is 4.74 Å². The average molecular weight is 286 g/mol. The van der Waals surface area contributed by atoms with Crippen molar-refractivity contribution in [3.63, 3.8) is 0 Å². The summed E-state index contributed by atoms with van der Waals surface area (Å²) >= 11 is 0. The highest BCUT2D eigenvalue weighted by molar-refractivity contribution is 5.91. The zero-order chi connectivity index (χ0) is 14.9. The third-order valence-corrected chi connectivity index (χ3v) is 2.88. The van der Waals surface area contributed by atoms with Crippen molar-refractivity contribution in [2.24, 2.45) is 0 Å². The molecule has 0 aliphatic rings. The smallest absolute Gasteiger partial charge is 0.243 e. The van der Waals surface area contributed by atoms with Crippen LogP contribution < -0.4 is 10.1 Å². The van der Waals surface area contributed by atoms with Crippen LogP contribution in [0.25, 0.3) is 6.08 Å². The lowest BCUT2D eigenvalue weighted by molar-refractivity contribution is -0.116. The minimum atomic E-state index is -0.115. The van der Waals surface area contributed by atoms with Crippen molar-refractivity contribution in [3.05, 3.63) is 48.1 Å². The average Bonchev–Trinajstić information content (AvgIpc) is 3.03. The van der Waals surface area contributed by atoms with Crippen LogP contribution in [0.3, 0.4) is 0 Å². The summed E-state index contributed by atoms with van der Waals surface area (Å²) in [5.41, 5.74) is 0.922. The van der Waals surface area contributed by atoms with Crippen molar-refractivity contribution in [2.45, 2.75) is 12.8 Å². The molecular formula is C15H18N4O2. The molecule has 0 saturated heterocycles. The van der Waals surface area contributed by atoms with Crippen molar-refractivity contribution >= 4 is 12.0 Å². The van der Waals surface area contributed by atoms with Crippen molar-refractivity contribution in [3.8, 4) is 5.75 Å². The van der Waals surface area contributed by atoms with Crippen LogP contribution in [0.1, 0.15) is 17.8 Å². The van der Waals surface area contributed by atoms with Gasteiger partial charge in [0.25, 0.3) is 0 Å². The lowest BCUT2D eigenvalue weighted by atomic mass is 10.2. The number of aromatic nitrogens is 3. The van der Waals surface area contributed by atoms with Gasteiger partial charge in [-0.3, -0.25) is 9.89 Å². The predicted molar refractivity (Wildman–Crippen MR) is 79.7 cm³/mol. The Balaban J connectivity index is 1.72. The van der Waals surface area contributed by atoms with E-state index in [0.717, 1.165) is 30.0 Å². The fourth-order valence-electron chi connectivity index (χ4n) is 1.79. The van der Waals surface area contributed by atoms with Gasteiger partial charge in [-0.1, -0.05) is 12.1 Å². The van der Waals surface area contributed by atoms with Gasteiger partial charge in [-0.25, -0.2) is 4.98 Å². The maximum Gasteiger partial charge on any atom is 0.243 e. The van der Waals surface area contributed by atoms with E-state index in [1.165, 1.54) is 12.4 Å². The molecule has 0 unspecified atom stereocenters. The summed E-state index contributed by atoms with van der Waals surface area (Å²) in [5, 5.41) is 9.38. The highest BCUT2D eigenvalue weighted by Crippen LogP contribution is 2.13. The summed E-state index contributed by atoms with van der Waals surface area (Å²) in [6.07, 6.45) is 6.33. The summed E-state index contributed by atoms with van der Waals surface area (Å²) < 4.78 is 5.13. The summed E-state index contributed by atoms with van der Waals surface area (Å²) in [6, 6.07) is 7.53. The van der Waals surface area contributed by atoms with Gasteiger partial charge in [-0.05, 0) is 30.2 Å². The molecule has 0 bridgehead atoms. The molecule has 6 heteroatoms. The zero-order valence-electron chi connectivity index (χ0n) is 11.9. The molecule has 0 aliphatic heterocycles. The van der Waals surface area contributed by atoms with Crippen LogP contribution in [0.15, 0.2) is 36.7 Å². The Morgan fingerprint density at radius 1 is 1.48 bits per heavy atom. The van der Waals surface area contributed by atoms with Crippen LogP contribution in [-0.4, -0.2) is 34.7 Å². The molecule has 0 radical (unpaired) electrons. The Morgan fingerprint density at radius 3 is 3.14 bits per heavy atom. The van der Waals surface area contributed by atoms with Gasteiger partial charge in [0.05, 0.1) is 7.11 Å². The molecule has 110 valence electrons. The Hall–Kier alpha value is -2.63. The first-order valence-corrected chi connectivity index (χ1v) is 6.72. The van der Waals surface area contributed by atoms with Crippen LogP contribution in [0.2, 0.25) is 0 Å². The molecule has 6 nitrogen and oxygen atoms in total. The van der Waals surface area contributed by atoms with Crippen molar-refractivity contribution < 1.29 is 9.53 Å². The van der Waals surface area contributed by atoms with Crippen molar-refractivity contribution in [2.75, 3.05) is 13.7 Å². The third kappa shape index (κ3) is 5.10. The van der Waals surface area contributed by atoms with Gasteiger partial charge in [-0.15, -0.1) is 0 Å². The molecule has 1 amide bonds. The maximum atomic E-state index is 11.7. The van der Waals surface area contributed by atoms with E-state index < -0.39 is 0 Å². The summed E-state index contributed by atoms with van der Waals surface area (Å²) in [4.78, 5) is 15.7. The molecule has 21 heavy (non-hydrogen) atoms. The van der Waals surface area contributed by atoms with E-state index in [1.54, 1.807) is 13.2 Å². The topological polar surface area (TPSA) is 79.9 Å². The monoisotopic (exact) mass is 286 g/mol. The number of carbonyl (C=O) groups is 1. The molecule has 0 fully saturated rings. The van der Waals surface area contributed by atoms with Crippen LogP contribution in [0.5, 0.6) is 5.75 Å². The number of benzene rings is 1. The Bertz CT molecular complexity index is 593. The SMILES string of the molecule is COc1cccc(C=CC(=O)NCCCc2ncn[nH]2)c1. The van der Waals surface area contributed by atoms with E-state index in [2.05, 4.69) is 20.5 Å². The lowest BCUT2D eigenvalue weighted by Gasteiger charge is -2.01. The molecule has 2 rings (SSSR count). The van der Waals surface area contributed by atoms with Gasteiger partial charge in [0.15, 0.2) is 0 Å². The Labute approximate surface area is 123 Å². The minimum Gasteiger partial charge on any atom is -0.497 e. The standard InChI is InChI=1S/C15H18N4O2/c1-21-13-5-2-4-12(10-13)7-8-15(20)16-9-3-6-14-17-11-18-19-14/h2,4-5,7-8,10-11H,3,6,9H2,1H3,(H,16,20)(H,17,18,19). The number of aryl methyl sites for hydroxylation is 1. The summed E-state index contributed by atoms with van der Waals surface area (Å²) in [7, 11) is 1.62. The molecule has 0 aliphatic carbocycles. The molecule has 0 atom stereocenters. The number of methoxy groups -OCH3 is 1. The first-order valence-electron chi connectivity index (χ1n) is 6.72. The number of hydrogen-bond acceptors (Lipinski definition) is 4. The summed E-state index contributed by atoms with van der Waals surface area (Å²) in [6.45, 7) is 0.599. The number of H-pyrrole nitrogens is 1. The molecule has 2 aromatic rings. The number of hydrogen-bond donors (Lipinski definition) is 2. The van der Waals surface area contributed by atoms with E-state index in [1.807, 2.05) is 24.3 Å². The van der Waals surface area contributed by atoms with Crippen LogP contribution in [0.4, 0.5) is 0 Å². The molecule has 1 heterocycles. The molecular weight excluding hydrogens is 268 g/mol. The van der Waals surface area contributed by atoms with Crippen molar-refractivity contribution in [1.29, 1.82) is 0 Å². The fraction of sp³-hybridized carbons (Fsp3) is 0.267. The van der Waals surface area contributed by atoms with Gasteiger partial charge in [0.1, 0.15) is 17.9 Å². The van der Waals surface area contributed by atoms with Gasteiger partial charge in [0.2, 0.25) is 5.91 Å². The quantitative estimate of drug-likeness (QED) is 0.598. The van der Waals surface area contributed by atoms with Gasteiger partial charge in [-0.2, -0.15) is 5.10 Å². The van der Waals surface area contributed by atoms with E-state index in [-0.39, 0.29) is 5.91 Å². The van der Waals surface area contributed by atoms with E-state index in [0.29, 0.717) is 6.54 Å². The number of nitrogens with zero attached hydrogens (tertiary/aromatic N) is 2. The van der Waals surface area contributed by atoms with Crippen LogP contribution in [-0.2, 0) is 11.2 Å². The molecule has 1 aromatic heterocycles. The Kier molecular flexibility index (Phi) is 5.51. The molecule has 1 aromatic carbocycles. The van der Waals surface area contributed by atoms with Gasteiger partial charge < -0.3 is 10.1 Å². The highest BCUT2D eigenvalue weighted by atomic mass is 16.5. The first-order chi connectivity index (χ1) is 10.3. The van der Waals surface area contributed by atoms with Crippen molar-refractivity contribution in [1.82, 2.24) is 20.5 Å². The maximum absolute atomic E-state index is 11.7. The van der Waals surface area contributed by atoms with Gasteiger partial charge in [0, 0.05) is 19.0 Å². The molecule has 2 N–H and O–H groups in total. The third-order valence-electron chi connectivity index (χ3n) is 2.88. The second-order valence-corrected chi connectivity index (χ2v) is 4.44. The van der Waals surface area contributed by atoms with Gasteiger partial charge >= 0.3 is 0 Å². The zero-order valence-corrected chi connectivity index (χ0v) is 11.9. The number of aromatic amines is 1. The van der Waals surface area contributed by atoms with Crippen LogP contribution >= 0.6 is 0 Å². The molecule has 0 spiro atoms. The minimum absolute atomic E-state index is 0.115. The second kappa shape index (κ2) is 7.84. The highest BCUT2D eigenvalue weighted by Gasteiger charge is 1.98. The van der Waals surface area contributed by atoms with E-state index >= 15 is 0 Å².